The Morgan fingerprint density at radius 2 is 2.07 bits per heavy atom. The lowest BCUT2D eigenvalue weighted by Gasteiger charge is -2.27. The van der Waals surface area contributed by atoms with E-state index in [1.54, 1.807) is 29.1 Å². The zero-order chi connectivity index (χ0) is 20.4. The molecule has 0 spiro atoms. The number of rotatable bonds is 5. The molecule has 3 aromatic rings. The van der Waals surface area contributed by atoms with Crippen LogP contribution in [-0.4, -0.2) is 62.9 Å². The minimum Gasteiger partial charge on any atom is -0.508 e. The first kappa shape index (κ1) is 19.1. The topological polar surface area (TPSA) is 105 Å². The molecule has 0 unspecified atom stereocenters. The Labute approximate surface area is 168 Å². The van der Waals surface area contributed by atoms with Crippen LogP contribution in [0, 0.1) is 0 Å². The van der Waals surface area contributed by atoms with Gasteiger partial charge in [0.2, 0.25) is 11.9 Å². The number of anilines is 1. The van der Waals surface area contributed by atoms with Crippen LogP contribution in [0.2, 0.25) is 0 Å². The van der Waals surface area contributed by atoms with Crippen molar-refractivity contribution in [3.05, 3.63) is 30.6 Å². The van der Waals surface area contributed by atoms with Crippen molar-refractivity contribution in [1.29, 1.82) is 0 Å². The third-order valence-corrected chi connectivity index (χ3v) is 4.63. The number of hydrogen-bond acceptors (Lipinski definition) is 7. The first-order valence-electron chi connectivity index (χ1n) is 9.65. The molecule has 1 saturated heterocycles. The Kier molecular flexibility index (Phi) is 5.30. The summed E-state index contributed by atoms with van der Waals surface area (Å²) in [5.41, 5.74) is 2.53. The lowest BCUT2D eigenvalue weighted by atomic mass is 10.1. The average Bonchev–Trinajstić information content (AvgIpc) is 3.10. The van der Waals surface area contributed by atoms with Crippen molar-refractivity contribution in [3.63, 3.8) is 0 Å². The molecule has 0 bridgehead atoms. The average molecular weight is 396 g/mol. The maximum Gasteiger partial charge on any atom is 0.240 e. The minimum atomic E-state index is -0.107. The predicted molar refractivity (Wildman–Crippen MR) is 109 cm³/mol. The molecule has 9 heteroatoms. The van der Waals surface area contributed by atoms with E-state index in [1.807, 2.05) is 19.9 Å². The summed E-state index contributed by atoms with van der Waals surface area (Å²) in [6.07, 6.45) is 1.61. The van der Waals surface area contributed by atoms with Gasteiger partial charge in [-0.05, 0) is 26.0 Å². The van der Waals surface area contributed by atoms with Crippen LogP contribution in [-0.2, 0) is 16.1 Å². The number of morpholine rings is 1. The molecule has 3 heterocycles. The highest BCUT2D eigenvalue weighted by atomic mass is 16.5. The summed E-state index contributed by atoms with van der Waals surface area (Å²) in [5, 5.41) is 12.8. The fraction of sp³-hybridized carbons (Fsp3) is 0.400. The standard InChI is InChI=1S/C20H24N6O3/c1-13(2)22-16(28)11-26-12-21-18-17(14-4-3-5-15(27)10-14)23-20(24-19(18)26)25-6-8-29-9-7-25/h3-5,10,12-13,27H,6-9,11H2,1-2H3,(H,22,28). The van der Waals surface area contributed by atoms with Crippen LogP contribution in [0.4, 0.5) is 5.95 Å². The number of phenols is 1. The largest absolute Gasteiger partial charge is 0.508 e. The maximum atomic E-state index is 12.3. The van der Waals surface area contributed by atoms with Gasteiger partial charge in [-0.15, -0.1) is 0 Å². The lowest BCUT2D eigenvalue weighted by molar-refractivity contribution is -0.122. The molecule has 9 nitrogen and oxygen atoms in total. The summed E-state index contributed by atoms with van der Waals surface area (Å²) in [6.45, 7) is 6.55. The number of phenolic OH excluding ortho intramolecular Hbond substituents is 1. The summed E-state index contributed by atoms with van der Waals surface area (Å²) in [4.78, 5) is 28.3. The Hall–Kier alpha value is -3.20. The minimum absolute atomic E-state index is 0.0543. The van der Waals surface area contributed by atoms with E-state index < -0.39 is 0 Å². The number of fused-ring (bicyclic) bond motifs is 1. The molecule has 1 amide bonds. The quantitative estimate of drug-likeness (QED) is 0.674. The summed E-state index contributed by atoms with van der Waals surface area (Å²) < 4.78 is 7.16. The molecular formula is C20H24N6O3. The Morgan fingerprint density at radius 3 is 2.79 bits per heavy atom. The van der Waals surface area contributed by atoms with Crippen LogP contribution >= 0.6 is 0 Å². The van der Waals surface area contributed by atoms with E-state index in [0.717, 1.165) is 5.56 Å². The molecule has 0 radical (unpaired) electrons. The van der Waals surface area contributed by atoms with Gasteiger partial charge in [-0.1, -0.05) is 12.1 Å². The fourth-order valence-corrected chi connectivity index (χ4v) is 3.33. The van der Waals surface area contributed by atoms with E-state index in [9.17, 15) is 9.90 Å². The maximum absolute atomic E-state index is 12.3. The van der Waals surface area contributed by atoms with Crippen molar-refractivity contribution in [2.24, 2.45) is 0 Å². The van der Waals surface area contributed by atoms with Crippen LogP contribution in [0.3, 0.4) is 0 Å². The van der Waals surface area contributed by atoms with Gasteiger partial charge in [0.25, 0.3) is 0 Å². The highest BCUT2D eigenvalue weighted by Crippen LogP contribution is 2.29. The molecule has 2 aromatic heterocycles. The fourth-order valence-electron chi connectivity index (χ4n) is 3.33. The summed E-state index contributed by atoms with van der Waals surface area (Å²) in [5.74, 6) is 0.604. The highest BCUT2D eigenvalue weighted by Gasteiger charge is 2.21. The van der Waals surface area contributed by atoms with Gasteiger partial charge in [0.05, 0.1) is 19.5 Å². The number of hydrogen-bond donors (Lipinski definition) is 2. The second-order valence-electron chi connectivity index (χ2n) is 7.29. The molecule has 1 fully saturated rings. The van der Waals surface area contributed by atoms with Gasteiger partial charge in [-0.25, -0.2) is 9.97 Å². The van der Waals surface area contributed by atoms with Crippen molar-refractivity contribution in [3.8, 4) is 17.0 Å². The van der Waals surface area contributed by atoms with Gasteiger partial charge in [0, 0.05) is 24.7 Å². The monoisotopic (exact) mass is 396 g/mol. The lowest BCUT2D eigenvalue weighted by Crippen LogP contribution is -2.37. The smallest absolute Gasteiger partial charge is 0.240 e. The number of imidazole rings is 1. The van der Waals surface area contributed by atoms with E-state index >= 15 is 0 Å². The van der Waals surface area contributed by atoms with Crippen LogP contribution in [0.15, 0.2) is 30.6 Å². The van der Waals surface area contributed by atoms with Crippen molar-refractivity contribution in [1.82, 2.24) is 24.8 Å². The van der Waals surface area contributed by atoms with Crippen molar-refractivity contribution >= 4 is 23.0 Å². The summed E-state index contributed by atoms with van der Waals surface area (Å²) >= 11 is 0. The SMILES string of the molecule is CC(C)NC(=O)Cn1cnc2c(-c3cccc(O)c3)nc(N3CCOCC3)nc21. The van der Waals surface area contributed by atoms with Crippen LogP contribution < -0.4 is 10.2 Å². The van der Waals surface area contributed by atoms with E-state index in [2.05, 4.69) is 15.2 Å². The number of aromatic hydroxyl groups is 1. The molecule has 0 aliphatic carbocycles. The Morgan fingerprint density at radius 1 is 1.28 bits per heavy atom. The van der Waals surface area contributed by atoms with Gasteiger partial charge < -0.3 is 24.6 Å². The van der Waals surface area contributed by atoms with Gasteiger partial charge in [0.15, 0.2) is 5.65 Å². The van der Waals surface area contributed by atoms with E-state index in [4.69, 9.17) is 14.7 Å². The predicted octanol–water partition coefficient (Wildman–Crippen LogP) is 1.56. The number of carbonyl (C=O) groups is 1. The number of amides is 1. The number of carbonyl (C=O) groups excluding carboxylic acids is 1. The number of benzene rings is 1. The van der Waals surface area contributed by atoms with Crippen molar-refractivity contribution in [2.45, 2.75) is 26.4 Å². The zero-order valence-corrected chi connectivity index (χ0v) is 16.5. The van der Waals surface area contributed by atoms with Crippen LogP contribution in [0.1, 0.15) is 13.8 Å². The molecule has 29 heavy (non-hydrogen) atoms. The number of aromatic nitrogens is 4. The van der Waals surface area contributed by atoms with Gasteiger partial charge in [-0.2, -0.15) is 4.98 Å². The first-order valence-corrected chi connectivity index (χ1v) is 9.65. The molecule has 1 aromatic carbocycles. The molecular weight excluding hydrogens is 372 g/mol. The Bertz CT molecular complexity index is 1030. The zero-order valence-electron chi connectivity index (χ0n) is 16.5. The van der Waals surface area contributed by atoms with Crippen molar-refractivity contribution in [2.75, 3.05) is 31.2 Å². The van der Waals surface area contributed by atoms with Crippen molar-refractivity contribution < 1.29 is 14.6 Å². The molecule has 4 rings (SSSR count). The van der Waals surface area contributed by atoms with Crippen LogP contribution in [0.5, 0.6) is 5.75 Å². The molecule has 0 saturated carbocycles. The normalized spacial score (nSPS) is 14.5. The molecule has 1 aliphatic rings. The van der Waals surface area contributed by atoms with Crippen LogP contribution in [0.25, 0.3) is 22.4 Å². The van der Waals surface area contributed by atoms with Gasteiger partial charge in [0.1, 0.15) is 23.5 Å². The molecule has 1 aliphatic heterocycles. The summed E-state index contributed by atoms with van der Waals surface area (Å²) in [7, 11) is 0. The van der Waals surface area contributed by atoms with Gasteiger partial charge >= 0.3 is 0 Å². The van der Waals surface area contributed by atoms with E-state index in [-0.39, 0.29) is 24.2 Å². The molecule has 2 N–H and O–H groups in total. The van der Waals surface area contributed by atoms with Gasteiger partial charge in [-0.3, -0.25) is 4.79 Å². The second-order valence-corrected chi connectivity index (χ2v) is 7.29. The highest BCUT2D eigenvalue weighted by molar-refractivity contribution is 5.89. The van der Waals surface area contributed by atoms with E-state index in [1.165, 1.54) is 0 Å². The number of nitrogens with zero attached hydrogens (tertiary/aromatic N) is 5. The number of ether oxygens (including phenoxy) is 1. The third kappa shape index (κ3) is 4.14. The summed E-state index contributed by atoms with van der Waals surface area (Å²) in [6, 6.07) is 6.95. The molecule has 152 valence electrons. The third-order valence-electron chi connectivity index (χ3n) is 4.63. The van der Waals surface area contributed by atoms with E-state index in [0.29, 0.717) is 49.1 Å². The second kappa shape index (κ2) is 8.04. The molecule has 0 atom stereocenters. The number of nitrogens with one attached hydrogen (secondary N) is 1. The first-order chi connectivity index (χ1) is 14.0. The Balaban J connectivity index is 1.81.